The van der Waals surface area contributed by atoms with Crippen molar-refractivity contribution < 1.29 is 9.59 Å². The second-order valence-corrected chi connectivity index (χ2v) is 5.79. The summed E-state index contributed by atoms with van der Waals surface area (Å²) in [6.07, 6.45) is 0. The maximum atomic E-state index is 12.0. The lowest BCUT2D eigenvalue weighted by molar-refractivity contribution is -0.130. The Morgan fingerprint density at radius 2 is 2.10 bits per heavy atom. The van der Waals surface area contributed by atoms with E-state index in [2.05, 4.69) is 34.0 Å². The lowest BCUT2D eigenvalue weighted by Crippen LogP contribution is -2.42. The molecule has 0 spiro atoms. The fraction of sp³-hybridized carbons (Fsp3) is 0.400. The van der Waals surface area contributed by atoms with E-state index in [1.807, 2.05) is 19.1 Å². The van der Waals surface area contributed by atoms with Crippen LogP contribution in [0.1, 0.15) is 24.2 Å². The van der Waals surface area contributed by atoms with E-state index in [9.17, 15) is 9.59 Å². The molecule has 112 valence electrons. The molecule has 0 saturated heterocycles. The van der Waals surface area contributed by atoms with Gasteiger partial charge in [-0.2, -0.15) is 5.26 Å². The summed E-state index contributed by atoms with van der Waals surface area (Å²) in [6, 6.07) is 9.29. The molecule has 0 aromatic heterocycles. The molecule has 0 fully saturated rings. The summed E-state index contributed by atoms with van der Waals surface area (Å²) in [4.78, 5) is 25.6. The number of nitriles is 1. The van der Waals surface area contributed by atoms with Gasteiger partial charge < -0.3 is 10.2 Å². The molecule has 1 atom stereocenters. The molecule has 6 heteroatoms. The Balaban J connectivity index is 2.58. The zero-order valence-electron chi connectivity index (χ0n) is 12.1. The third-order valence-corrected chi connectivity index (χ3v) is 3.91. The van der Waals surface area contributed by atoms with Crippen LogP contribution in [0.25, 0.3) is 0 Å². The SMILES string of the molecule is CCN(CC(C)C#N)C(=O)CNC(=O)c1ccccc1I. The summed E-state index contributed by atoms with van der Waals surface area (Å²) < 4.78 is 0.838. The van der Waals surface area contributed by atoms with Crippen LogP contribution in [0.2, 0.25) is 0 Å². The highest BCUT2D eigenvalue weighted by molar-refractivity contribution is 14.1. The predicted octanol–water partition coefficient (Wildman–Crippen LogP) is 2.03. The molecule has 0 heterocycles. The number of nitrogens with one attached hydrogen (secondary N) is 1. The third-order valence-electron chi connectivity index (χ3n) is 2.97. The minimum absolute atomic E-state index is 0.0597. The first kappa shape index (κ1) is 17.4. The third kappa shape index (κ3) is 5.34. The average molecular weight is 399 g/mol. The van der Waals surface area contributed by atoms with Crippen LogP contribution in [0.3, 0.4) is 0 Å². The first-order chi connectivity index (χ1) is 9.99. The van der Waals surface area contributed by atoms with Gasteiger partial charge in [0.1, 0.15) is 0 Å². The largest absolute Gasteiger partial charge is 0.343 e. The first-order valence-corrected chi connectivity index (χ1v) is 7.77. The van der Waals surface area contributed by atoms with E-state index in [4.69, 9.17) is 5.26 Å². The summed E-state index contributed by atoms with van der Waals surface area (Å²) in [5, 5.41) is 11.4. The zero-order chi connectivity index (χ0) is 15.8. The van der Waals surface area contributed by atoms with Crippen LogP contribution < -0.4 is 5.32 Å². The van der Waals surface area contributed by atoms with Crippen molar-refractivity contribution in [1.29, 1.82) is 5.26 Å². The maximum absolute atomic E-state index is 12.0. The number of carbonyl (C=O) groups is 2. The van der Waals surface area contributed by atoms with Crippen molar-refractivity contribution >= 4 is 34.4 Å². The molecule has 0 radical (unpaired) electrons. The van der Waals surface area contributed by atoms with Crippen molar-refractivity contribution in [1.82, 2.24) is 10.2 Å². The highest BCUT2D eigenvalue weighted by atomic mass is 127. The number of hydrogen-bond acceptors (Lipinski definition) is 3. The molecule has 1 rings (SSSR count). The number of halogens is 1. The van der Waals surface area contributed by atoms with Crippen LogP contribution in [0.15, 0.2) is 24.3 Å². The highest BCUT2D eigenvalue weighted by Crippen LogP contribution is 2.10. The molecular formula is C15H18IN3O2. The second-order valence-electron chi connectivity index (χ2n) is 4.63. The van der Waals surface area contributed by atoms with Gasteiger partial charge in [0.25, 0.3) is 5.91 Å². The van der Waals surface area contributed by atoms with Gasteiger partial charge in [-0.25, -0.2) is 0 Å². The Morgan fingerprint density at radius 3 is 2.67 bits per heavy atom. The molecule has 1 aromatic carbocycles. The minimum Gasteiger partial charge on any atom is -0.343 e. The van der Waals surface area contributed by atoms with Gasteiger partial charge in [-0.15, -0.1) is 0 Å². The summed E-state index contributed by atoms with van der Waals surface area (Å²) in [5.41, 5.74) is 0.555. The summed E-state index contributed by atoms with van der Waals surface area (Å²) >= 11 is 2.08. The van der Waals surface area contributed by atoms with Crippen LogP contribution >= 0.6 is 22.6 Å². The van der Waals surface area contributed by atoms with Gasteiger partial charge in [-0.05, 0) is 48.6 Å². The number of rotatable bonds is 6. The van der Waals surface area contributed by atoms with Gasteiger partial charge in [0.15, 0.2) is 0 Å². The van der Waals surface area contributed by atoms with E-state index in [1.165, 1.54) is 0 Å². The van der Waals surface area contributed by atoms with Crippen molar-refractivity contribution in [3.05, 3.63) is 33.4 Å². The minimum atomic E-state index is -0.266. The number of amides is 2. The Bertz CT molecular complexity index is 554. The van der Waals surface area contributed by atoms with Gasteiger partial charge in [0.05, 0.1) is 24.1 Å². The molecule has 1 aromatic rings. The van der Waals surface area contributed by atoms with Crippen molar-refractivity contribution in [2.45, 2.75) is 13.8 Å². The normalized spacial score (nSPS) is 11.3. The van der Waals surface area contributed by atoms with Crippen molar-refractivity contribution in [2.24, 2.45) is 5.92 Å². The van der Waals surface area contributed by atoms with Crippen LogP contribution in [0.5, 0.6) is 0 Å². The van der Waals surface area contributed by atoms with Crippen molar-refractivity contribution in [3.8, 4) is 6.07 Å². The van der Waals surface area contributed by atoms with Crippen LogP contribution in [0, 0.1) is 20.8 Å². The van der Waals surface area contributed by atoms with Crippen LogP contribution in [-0.2, 0) is 4.79 Å². The number of likely N-dealkylation sites (N-methyl/N-ethyl adjacent to an activating group) is 1. The molecule has 2 amide bonds. The number of carbonyl (C=O) groups excluding carboxylic acids is 2. The van der Waals surface area contributed by atoms with E-state index in [0.717, 1.165) is 3.57 Å². The standard InChI is InChI=1S/C15H18IN3O2/c1-3-19(10-11(2)8-17)14(20)9-18-15(21)12-6-4-5-7-13(12)16/h4-7,11H,3,9-10H2,1-2H3,(H,18,21). The average Bonchev–Trinajstić information content (AvgIpc) is 2.50. The van der Waals surface area contributed by atoms with Crippen LogP contribution in [-0.4, -0.2) is 36.3 Å². The van der Waals surface area contributed by atoms with Gasteiger partial charge in [-0.3, -0.25) is 9.59 Å². The van der Waals surface area contributed by atoms with Gasteiger partial charge >= 0.3 is 0 Å². The Kier molecular flexibility index (Phi) is 7.15. The topological polar surface area (TPSA) is 73.2 Å². The lowest BCUT2D eigenvalue weighted by atomic mass is 10.2. The summed E-state index contributed by atoms with van der Waals surface area (Å²) in [7, 11) is 0. The quantitative estimate of drug-likeness (QED) is 0.745. The Labute approximate surface area is 138 Å². The van der Waals surface area contributed by atoms with Gasteiger partial charge in [-0.1, -0.05) is 12.1 Å². The summed E-state index contributed by atoms with van der Waals surface area (Å²) in [5.74, 6) is -0.670. The molecule has 1 N–H and O–H groups in total. The lowest BCUT2D eigenvalue weighted by Gasteiger charge is -2.22. The molecule has 0 bridgehead atoms. The predicted molar refractivity (Wildman–Crippen MR) is 88.5 cm³/mol. The van der Waals surface area contributed by atoms with E-state index in [-0.39, 0.29) is 24.3 Å². The number of benzene rings is 1. The monoisotopic (exact) mass is 399 g/mol. The van der Waals surface area contributed by atoms with E-state index < -0.39 is 0 Å². The molecule has 0 aliphatic rings. The first-order valence-electron chi connectivity index (χ1n) is 6.69. The maximum Gasteiger partial charge on any atom is 0.252 e. The Hall–Kier alpha value is -1.62. The fourth-order valence-corrected chi connectivity index (χ4v) is 2.42. The summed E-state index contributed by atoms with van der Waals surface area (Å²) in [6.45, 7) is 4.45. The molecule has 5 nitrogen and oxygen atoms in total. The van der Waals surface area contributed by atoms with Crippen molar-refractivity contribution in [3.63, 3.8) is 0 Å². The van der Waals surface area contributed by atoms with Crippen LogP contribution in [0.4, 0.5) is 0 Å². The Morgan fingerprint density at radius 1 is 1.43 bits per heavy atom. The molecule has 0 aliphatic carbocycles. The fourth-order valence-electron chi connectivity index (χ4n) is 1.79. The van der Waals surface area contributed by atoms with Gasteiger partial charge in [0.2, 0.25) is 5.91 Å². The number of nitrogens with zero attached hydrogens (tertiary/aromatic N) is 2. The van der Waals surface area contributed by atoms with Crippen molar-refractivity contribution in [2.75, 3.05) is 19.6 Å². The molecular weight excluding hydrogens is 381 g/mol. The molecule has 1 unspecified atom stereocenters. The highest BCUT2D eigenvalue weighted by Gasteiger charge is 2.16. The second kappa shape index (κ2) is 8.62. The smallest absolute Gasteiger partial charge is 0.252 e. The van der Waals surface area contributed by atoms with E-state index in [1.54, 1.807) is 24.0 Å². The van der Waals surface area contributed by atoms with E-state index >= 15 is 0 Å². The van der Waals surface area contributed by atoms with E-state index in [0.29, 0.717) is 18.7 Å². The zero-order valence-corrected chi connectivity index (χ0v) is 14.3. The molecule has 0 saturated carbocycles. The number of hydrogen-bond donors (Lipinski definition) is 1. The molecule has 21 heavy (non-hydrogen) atoms. The molecule has 0 aliphatic heterocycles. The van der Waals surface area contributed by atoms with Gasteiger partial charge in [0, 0.05) is 16.7 Å².